The molecule has 3 N–H and O–H groups in total. The molecule has 5 heteroatoms. The van der Waals surface area contributed by atoms with Crippen molar-refractivity contribution in [3.8, 4) is 0 Å². The fraction of sp³-hybridized carbons (Fsp3) is 0.429. The topological polar surface area (TPSA) is 75.4 Å². The van der Waals surface area contributed by atoms with E-state index in [4.69, 9.17) is 5.73 Å². The van der Waals surface area contributed by atoms with Gasteiger partial charge in [-0.25, -0.2) is 4.79 Å². The highest BCUT2D eigenvalue weighted by Gasteiger charge is 2.20. The van der Waals surface area contributed by atoms with Gasteiger partial charge in [-0.2, -0.15) is 0 Å². The van der Waals surface area contributed by atoms with E-state index in [1.165, 1.54) is 6.42 Å². The predicted octanol–water partition coefficient (Wildman–Crippen LogP) is 2.05. The second kappa shape index (κ2) is 5.73. The van der Waals surface area contributed by atoms with Gasteiger partial charge in [0.05, 0.1) is 0 Å². The van der Waals surface area contributed by atoms with Gasteiger partial charge in [0.2, 0.25) is 5.91 Å². The molecule has 0 aromatic heterocycles. The molecule has 2 rings (SSSR count). The third-order valence-corrected chi connectivity index (χ3v) is 3.34. The molecule has 102 valence electrons. The molecule has 1 heterocycles. The highest BCUT2D eigenvalue weighted by atomic mass is 16.2. The minimum Gasteiger partial charge on any atom is -0.366 e. The monoisotopic (exact) mass is 261 g/mol. The molecule has 0 saturated carbocycles. The van der Waals surface area contributed by atoms with E-state index in [2.05, 4.69) is 12.2 Å². The van der Waals surface area contributed by atoms with Crippen LogP contribution in [0.15, 0.2) is 24.3 Å². The third kappa shape index (κ3) is 3.47. The summed E-state index contributed by atoms with van der Waals surface area (Å²) < 4.78 is 0. The van der Waals surface area contributed by atoms with Crippen molar-refractivity contribution < 1.29 is 9.59 Å². The van der Waals surface area contributed by atoms with E-state index < -0.39 is 5.91 Å². The van der Waals surface area contributed by atoms with Crippen LogP contribution in [-0.4, -0.2) is 29.9 Å². The van der Waals surface area contributed by atoms with Crippen LogP contribution in [0.25, 0.3) is 0 Å². The first kappa shape index (κ1) is 13.4. The molecule has 0 aliphatic carbocycles. The average molecular weight is 261 g/mol. The number of rotatable bonds is 2. The van der Waals surface area contributed by atoms with Crippen molar-refractivity contribution in [1.82, 2.24) is 4.90 Å². The zero-order valence-electron chi connectivity index (χ0n) is 11.1. The molecular formula is C14H19N3O2. The Balaban J connectivity index is 2.02. The predicted molar refractivity (Wildman–Crippen MR) is 73.9 cm³/mol. The molecule has 0 spiro atoms. The maximum Gasteiger partial charge on any atom is 0.321 e. The van der Waals surface area contributed by atoms with Gasteiger partial charge in [-0.3, -0.25) is 4.79 Å². The molecule has 1 aliphatic heterocycles. The van der Waals surface area contributed by atoms with E-state index in [1.54, 1.807) is 24.3 Å². The average Bonchev–Trinajstić information content (AvgIpc) is 2.39. The van der Waals surface area contributed by atoms with Crippen LogP contribution in [-0.2, 0) is 0 Å². The van der Waals surface area contributed by atoms with Crippen molar-refractivity contribution in [2.45, 2.75) is 19.8 Å². The lowest BCUT2D eigenvalue weighted by molar-refractivity contribution is 0.1000. The van der Waals surface area contributed by atoms with E-state index in [0.717, 1.165) is 19.5 Å². The lowest BCUT2D eigenvalue weighted by Crippen LogP contribution is -2.41. The number of anilines is 1. The fourth-order valence-electron chi connectivity index (χ4n) is 2.33. The van der Waals surface area contributed by atoms with Crippen LogP contribution < -0.4 is 11.1 Å². The number of benzene rings is 1. The summed E-state index contributed by atoms with van der Waals surface area (Å²) in [4.78, 5) is 25.0. The maximum absolute atomic E-state index is 12.1. The second-order valence-corrected chi connectivity index (χ2v) is 5.07. The molecule has 1 aromatic rings. The molecular weight excluding hydrogens is 242 g/mol. The van der Waals surface area contributed by atoms with Crippen LogP contribution in [0.5, 0.6) is 0 Å². The summed E-state index contributed by atoms with van der Waals surface area (Å²) in [6.45, 7) is 3.71. The Bertz CT molecular complexity index is 487. The van der Waals surface area contributed by atoms with Crippen molar-refractivity contribution >= 4 is 17.6 Å². The van der Waals surface area contributed by atoms with E-state index in [9.17, 15) is 9.59 Å². The molecule has 1 aromatic carbocycles. The summed E-state index contributed by atoms with van der Waals surface area (Å²) >= 11 is 0. The Morgan fingerprint density at radius 2 is 2.21 bits per heavy atom. The molecule has 1 atom stereocenters. The summed E-state index contributed by atoms with van der Waals surface area (Å²) in [7, 11) is 0. The quantitative estimate of drug-likeness (QED) is 0.855. The number of piperidine rings is 1. The van der Waals surface area contributed by atoms with Gasteiger partial charge in [0.15, 0.2) is 0 Å². The summed E-state index contributed by atoms with van der Waals surface area (Å²) in [6, 6.07) is 6.55. The van der Waals surface area contributed by atoms with Crippen molar-refractivity contribution in [1.29, 1.82) is 0 Å². The van der Waals surface area contributed by atoms with Gasteiger partial charge in [0, 0.05) is 24.3 Å². The zero-order chi connectivity index (χ0) is 13.8. The summed E-state index contributed by atoms with van der Waals surface area (Å²) in [6.07, 6.45) is 2.21. The highest BCUT2D eigenvalue weighted by molar-refractivity contribution is 5.95. The summed E-state index contributed by atoms with van der Waals surface area (Å²) in [5, 5.41) is 2.81. The van der Waals surface area contributed by atoms with E-state index >= 15 is 0 Å². The van der Waals surface area contributed by atoms with Gasteiger partial charge in [0.1, 0.15) is 0 Å². The smallest absolute Gasteiger partial charge is 0.321 e. The van der Waals surface area contributed by atoms with Crippen LogP contribution in [0.3, 0.4) is 0 Å². The number of nitrogens with one attached hydrogen (secondary N) is 1. The van der Waals surface area contributed by atoms with Crippen molar-refractivity contribution in [3.63, 3.8) is 0 Å². The Morgan fingerprint density at radius 3 is 2.89 bits per heavy atom. The van der Waals surface area contributed by atoms with Crippen molar-refractivity contribution in [3.05, 3.63) is 29.8 Å². The molecule has 0 bridgehead atoms. The van der Waals surface area contributed by atoms with Crippen LogP contribution >= 0.6 is 0 Å². The first-order chi connectivity index (χ1) is 9.06. The van der Waals surface area contributed by atoms with E-state index in [-0.39, 0.29) is 6.03 Å². The number of primary amides is 1. The normalized spacial score (nSPS) is 19.0. The minimum atomic E-state index is -0.498. The molecule has 0 unspecified atom stereocenters. The lowest BCUT2D eigenvalue weighted by atomic mass is 10.0. The maximum atomic E-state index is 12.1. The van der Waals surface area contributed by atoms with Gasteiger partial charge >= 0.3 is 6.03 Å². The Labute approximate surface area is 112 Å². The number of nitrogens with zero attached hydrogens (tertiary/aromatic N) is 1. The van der Waals surface area contributed by atoms with Crippen molar-refractivity contribution in [2.75, 3.05) is 18.4 Å². The Hall–Kier alpha value is -2.04. The van der Waals surface area contributed by atoms with Crippen LogP contribution in [0.1, 0.15) is 30.1 Å². The molecule has 0 radical (unpaired) electrons. The molecule has 1 aliphatic rings. The first-order valence-corrected chi connectivity index (χ1v) is 6.52. The number of nitrogens with two attached hydrogens (primary N) is 1. The minimum absolute atomic E-state index is 0.117. The molecule has 3 amide bonds. The van der Waals surface area contributed by atoms with Gasteiger partial charge < -0.3 is 16.0 Å². The van der Waals surface area contributed by atoms with E-state index in [0.29, 0.717) is 17.2 Å². The first-order valence-electron chi connectivity index (χ1n) is 6.52. The lowest BCUT2D eigenvalue weighted by Gasteiger charge is -2.30. The summed E-state index contributed by atoms with van der Waals surface area (Å²) in [5.74, 6) is 0.0409. The van der Waals surface area contributed by atoms with Gasteiger partial charge in [0.25, 0.3) is 0 Å². The Kier molecular flexibility index (Phi) is 4.04. The van der Waals surface area contributed by atoms with Crippen LogP contribution in [0.4, 0.5) is 10.5 Å². The number of hydrogen-bond donors (Lipinski definition) is 2. The largest absolute Gasteiger partial charge is 0.366 e. The molecule has 19 heavy (non-hydrogen) atoms. The zero-order valence-corrected chi connectivity index (χ0v) is 11.1. The number of amides is 3. The van der Waals surface area contributed by atoms with Crippen LogP contribution in [0.2, 0.25) is 0 Å². The number of urea groups is 1. The fourth-order valence-corrected chi connectivity index (χ4v) is 2.33. The SMILES string of the molecule is C[C@@H]1CCCN(C(=O)Nc2cccc(C(N)=O)c2)C1. The van der Waals surface area contributed by atoms with E-state index in [1.807, 2.05) is 4.90 Å². The third-order valence-electron chi connectivity index (χ3n) is 3.34. The van der Waals surface area contributed by atoms with Crippen molar-refractivity contribution in [2.24, 2.45) is 11.7 Å². The van der Waals surface area contributed by atoms with Crippen LogP contribution in [0, 0.1) is 5.92 Å². The summed E-state index contributed by atoms with van der Waals surface area (Å²) in [5.41, 5.74) is 6.20. The second-order valence-electron chi connectivity index (χ2n) is 5.07. The number of carbonyl (C=O) groups excluding carboxylic acids is 2. The molecule has 1 fully saturated rings. The molecule has 1 saturated heterocycles. The van der Waals surface area contributed by atoms with Gasteiger partial charge in [-0.15, -0.1) is 0 Å². The van der Waals surface area contributed by atoms with Gasteiger partial charge in [-0.1, -0.05) is 13.0 Å². The standard InChI is InChI=1S/C14H19N3O2/c1-10-4-3-7-17(9-10)14(19)16-12-6-2-5-11(8-12)13(15)18/h2,5-6,8,10H,3-4,7,9H2,1H3,(H2,15,18)(H,16,19)/t10-/m1/s1. The number of likely N-dealkylation sites (tertiary alicyclic amines) is 1. The number of hydrogen-bond acceptors (Lipinski definition) is 2. The number of carbonyl (C=O) groups is 2. The highest BCUT2D eigenvalue weighted by Crippen LogP contribution is 2.17. The Morgan fingerprint density at radius 1 is 1.42 bits per heavy atom. The molecule has 5 nitrogen and oxygen atoms in total. The van der Waals surface area contributed by atoms with Gasteiger partial charge in [-0.05, 0) is 37.0 Å².